The van der Waals surface area contributed by atoms with Gasteiger partial charge in [0.15, 0.2) is 0 Å². The highest BCUT2D eigenvalue weighted by atomic mass is 32.2. The summed E-state index contributed by atoms with van der Waals surface area (Å²) < 4.78 is 31.1. The molecule has 0 spiro atoms. The van der Waals surface area contributed by atoms with Crippen LogP contribution in [0.15, 0.2) is 29.2 Å². The number of carboxylic acids is 1. The fourth-order valence-electron chi connectivity index (χ4n) is 2.57. The van der Waals surface area contributed by atoms with Gasteiger partial charge in [-0.25, -0.2) is 8.42 Å². The maximum absolute atomic E-state index is 12.7. The van der Waals surface area contributed by atoms with E-state index in [2.05, 4.69) is 4.74 Å². The van der Waals surface area contributed by atoms with Crippen molar-refractivity contribution in [3.05, 3.63) is 29.8 Å². The molecule has 0 amide bonds. The Hall–Kier alpha value is -1.93. The van der Waals surface area contributed by atoms with Gasteiger partial charge in [-0.1, -0.05) is 12.1 Å². The summed E-state index contributed by atoms with van der Waals surface area (Å²) >= 11 is 0. The van der Waals surface area contributed by atoms with Crippen molar-refractivity contribution < 1.29 is 27.9 Å². The number of esters is 1. The molecule has 1 saturated heterocycles. The van der Waals surface area contributed by atoms with Crippen molar-refractivity contribution in [1.29, 1.82) is 0 Å². The topological polar surface area (TPSA) is 101 Å². The minimum atomic E-state index is -3.78. The molecule has 0 aliphatic carbocycles. The summed E-state index contributed by atoms with van der Waals surface area (Å²) in [4.78, 5) is 22.5. The first-order valence-electron chi connectivity index (χ1n) is 7.23. The highest BCUT2D eigenvalue weighted by Crippen LogP contribution is 2.24. The molecule has 1 aromatic carbocycles. The molecular formula is C15H19NO6S. The van der Waals surface area contributed by atoms with Gasteiger partial charge in [-0.3, -0.25) is 9.59 Å². The third-order valence-electron chi connectivity index (χ3n) is 3.85. The molecule has 1 aliphatic heterocycles. The summed E-state index contributed by atoms with van der Waals surface area (Å²) in [5.74, 6) is -2.12. The van der Waals surface area contributed by atoms with Gasteiger partial charge in [-0.2, -0.15) is 4.31 Å². The lowest BCUT2D eigenvalue weighted by Crippen LogP contribution is -2.42. The number of ether oxygens (including phenoxy) is 1. The highest BCUT2D eigenvalue weighted by Gasteiger charge is 2.33. The van der Waals surface area contributed by atoms with Gasteiger partial charge in [0.2, 0.25) is 10.0 Å². The maximum Gasteiger partial charge on any atom is 0.309 e. The monoisotopic (exact) mass is 341 g/mol. The van der Waals surface area contributed by atoms with Crippen LogP contribution in [0, 0.1) is 5.92 Å². The fourth-order valence-corrected chi connectivity index (χ4v) is 4.16. The summed E-state index contributed by atoms with van der Waals surface area (Å²) in [6.45, 7) is 0.270. The standard InChI is InChI=1S/C15H19NO6S/c1-22-14(17)9-11-4-2-6-13(8-11)23(20,21)16-7-3-5-12(10-16)15(18)19/h2,4,6,8,12H,3,5,7,9-10H2,1H3,(H,18,19). The molecule has 0 saturated carbocycles. The summed E-state index contributed by atoms with van der Waals surface area (Å²) in [6, 6.07) is 6.08. The van der Waals surface area contributed by atoms with E-state index in [9.17, 15) is 18.0 Å². The number of carbonyl (C=O) groups is 2. The third-order valence-corrected chi connectivity index (χ3v) is 5.71. The van der Waals surface area contributed by atoms with E-state index >= 15 is 0 Å². The van der Waals surface area contributed by atoms with Gasteiger partial charge in [0.1, 0.15) is 0 Å². The number of hydrogen-bond acceptors (Lipinski definition) is 5. The van der Waals surface area contributed by atoms with Crippen LogP contribution in [-0.2, 0) is 30.8 Å². The molecular weight excluding hydrogens is 322 g/mol. The zero-order valence-corrected chi connectivity index (χ0v) is 13.6. The van der Waals surface area contributed by atoms with E-state index in [0.29, 0.717) is 24.9 Å². The van der Waals surface area contributed by atoms with Crippen LogP contribution < -0.4 is 0 Å². The zero-order valence-electron chi connectivity index (χ0n) is 12.8. The van der Waals surface area contributed by atoms with E-state index < -0.39 is 27.9 Å². The number of hydrogen-bond donors (Lipinski definition) is 1. The molecule has 126 valence electrons. The minimum Gasteiger partial charge on any atom is -0.481 e. The summed E-state index contributed by atoms with van der Waals surface area (Å²) in [5, 5.41) is 9.09. The Balaban J connectivity index is 2.23. The van der Waals surface area contributed by atoms with Gasteiger partial charge < -0.3 is 9.84 Å². The van der Waals surface area contributed by atoms with Crippen LogP contribution in [-0.4, -0.2) is 50.0 Å². The van der Waals surface area contributed by atoms with Gasteiger partial charge in [0.05, 0.1) is 24.3 Å². The smallest absolute Gasteiger partial charge is 0.309 e. The summed E-state index contributed by atoms with van der Waals surface area (Å²) in [7, 11) is -2.51. The second-order valence-corrected chi connectivity index (χ2v) is 7.38. The van der Waals surface area contributed by atoms with E-state index in [0.717, 1.165) is 0 Å². The highest BCUT2D eigenvalue weighted by molar-refractivity contribution is 7.89. The predicted molar refractivity (Wildman–Crippen MR) is 81.3 cm³/mol. The van der Waals surface area contributed by atoms with Crippen LogP contribution >= 0.6 is 0 Å². The van der Waals surface area contributed by atoms with Crippen LogP contribution in [0.25, 0.3) is 0 Å². The number of carbonyl (C=O) groups excluding carboxylic acids is 1. The number of nitrogens with zero attached hydrogens (tertiary/aromatic N) is 1. The lowest BCUT2D eigenvalue weighted by atomic mass is 10.0. The van der Waals surface area contributed by atoms with Crippen LogP contribution in [0.2, 0.25) is 0 Å². The molecule has 1 aliphatic rings. The number of methoxy groups -OCH3 is 1. The zero-order chi connectivity index (χ0) is 17.0. The molecule has 1 fully saturated rings. The Labute approximate surface area is 134 Å². The number of carboxylic acid groups (broad SMARTS) is 1. The van der Waals surface area contributed by atoms with Crippen LogP contribution in [0.1, 0.15) is 18.4 Å². The van der Waals surface area contributed by atoms with E-state index in [1.165, 1.54) is 23.5 Å². The Morgan fingerprint density at radius 2 is 2.13 bits per heavy atom. The van der Waals surface area contributed by atoms with Gasteiger partial charge in [0.25, 0.3) is 0 Å². The van der Waals surface area contributed by atoms with Crippen LogP contribution in [0.4, 0.5) is 0 Å². The number of benzene rings is 1. The average molecular weight is 341 g/mol. The molecule has 0 bridgehead atoms. The third kappa shape index (κ3) is 4.08. The molecule has 1 atom stereocenters. The Bertz CT molecular complexity index is 700. The molecule has 2 rings (SSSR count). The normalized spacial score (nSPS) is 19.3. The molecule has 23 heavy (non-hydrogen) atoms. The molecule has 1 unspecified atom stereocenters. The van der Waals surface area contributed by atoms with Crippen molar-refractivity contribution in [3.8, 4) is 0 Å². The minimum absolute atomic E-state index is 0.0163. The Morgan fingerprint density at radius 1 is 1.39 bits per heavy atom. The predicted octanol–water partition coefficient (Wildman–Crippen LogP) is 0.887. The number of piperidine rings is 1. The molecule has 8 heteroatoms. The Kier molecular flexibility index (Phi) is 5.38. The lowest BCUT2D eigenvalue weighted by Gasteiger charge is -2.29. The van der Waals surface area contributed by atoms with Gasteiger partial charge >= 0.3 is 11.9 Å². The molecule has 7 nitrogen and oxygen atoms in total. The van der Waals surface area contributed by atoms with Crippen molar-refractivity contribution in [3.63, 3.8) is 0 Å². The van der Waals surface area contributed by atoms with E-state index in [-0.39, 0.29) is 17.9 Å². The van der Waals surface area contributed by atoms with Crippen molar-refractivity contribution in [2.24, 2.45) is 5.92 Å². The lowest BCUT2D eigenvalue weighted by molar-refractivity contribution is -0.143. The van der Waals surface area contributed by atoms with Gasteiger partial charge in [-0.05, 0) is 30.5 Å². The van der Waals surface area contributed by atoms with Crippen LogP contribution in [0.3, 0.4) is 0 Å². The second kappa shape index (κ2) is 7.10. The summed E-state index contributed by atoms with van der Waals surface area (Å²) in [5.41, 5.74) is 0.532. The molecule has 0 aromatic heterocycles. The fraction of sp³-hybridized carbons (Fsp3) is 0.467. The van der Waals surface area contributed by atoms with Crippen molar-refractivity contribution in [1.82, 2.24) is 4.31 Å². The molecule has 1 heterocycles. The van der Waals surface area contributed by atoms with E-state index in [1.54, 1.807) is 12.1 Å². The first-order valence-corrected chi connectivity index (χ1v) is 8.67. The first kappa shape index (κ1) is 17.4. The number of sulfonamides is 1. The Morgan fingerprint density at radius 3 is 2.78 bits per heavy atom. The van der Waals surface area contributed by atoms with Crippen molar-refractivity contribution in [2.75, 3.05) is 20.2 Å². The maximum atomic E-state index is 12.7. The SMILES string of the molecule is COC(=O)Cc1cccc(S(=O)(=O)N2CCCC(C(=O)O)C2)c1. The van der Waals surface area contributed by atoms with Gasteiger partial charge in [0, 0.05) is 13.1 Å². The molecule has 1 aromatic rings. The molecule has 0 radical (unpaired) electrons. The second-order valence-electron chi connectivity index (χ2n) is 5.44. The van der Waals surface area contributed by atoms with E-state index in [1.807, 2.05) is 0 Å². The molecule has 1 N–H and O–H groups in total. The van der Waals surface area contributed by atoms with Crippen molar-refractivity contribution >= 4 is 22.0 Å². The number of aliphatic carboxylic acids is 1. The average Bonchev–Trinajstić information content (AvgIpc) is 2.55. The van der Waals surface area contributed by atoms with Crippen LogP contribution in [0.5, 0.6) is 0 Å². The quantitative estimate of drug-likeness (QED) is 0.798. The first-order chi connectivity index (χ1) is 10.8. The number of rotatable bonds is 5. The largest absolute Gasteiger partial charge is 0.481 e. The van der Waals surface area contributed by atoms with Gasteiger partial charge in [-0.15, -0.1) is 0 Å². The summed E-state index contributed by atoms with van der Waals surface area (Å²) in [6.07, 6.45) is 0.972. The van der Waals surface area contributed by atoms with E-state index in [4.69, 9.17) is 5.11 Å². The van der Waals surface area contributed by atoms with Crippen molar-refractivity contribution in [2.45, 2.75) is 24.2 Å².